The molecule has 3 rings (SSSR count). The second-order valence-corrected chi connectivity index (χ2v) is 8.64. The van der Waals surface area contributed by atoms with Gasteiger partial charge in [-0.2, -0.15) is 10.7 Å². The van der Waals surface area contributed by atoms with Crippen molar-refractivity contribution in [2.24, 2.45) is 0 Å². The van der Waals surface area contributed by atoms with E-state index >= 15 is 0 Å². The SMILES string of the molecule is Cl.Cl.Cl.N#CC1CSCN1CCN[NH+]([O-])C1CCN(CC(=O)Nc2ccc(Cl)cn2)CC1. The van der Waals surface area contributed by atoms with Crippen molar-refractivity contribution in [1.82, 2.24) is 20.2 Å². The van der Waals surface area contributed by atoms with Crippen LogP contribution in [0.25, 0.3) is 0 Å². The number of piperidine rings is 1. The molecule has 32 heavy (non-hydrogen) atoms. The van der Waals surface area contributed by atoms with E-state index in [0.717, 1.165) is 24.5 Å². The smallest absolute Gasteiger partial charge is 0.239 e. The number of hydrogen-bond acceptors (Lipinski definition) is 8. The number of carbonyl (C=O) groups is 1. The number of amides is 1. The average molecular weight is 549 g/mol. The van der Waals surface area contributed by atoms with Gasteiger partial charge in [0.1, 0.15) is 17.9 Å². The number of rotatable bonds is 8. The second kappa shape index (κ2) is 16.1. The molecule has 1 amide bonds. The third-order valence-corrected chi connectivity index (χ3v) is 6.43. The first kappa shape index (κ1) is 31.4. The third kappa shape index (κ3) is 9.73. The largest absolute Gasteiger partial charge is 0.613 e. The fourth-order valence-electron chi connectivity index (χ4n) is 3.47. The summed E-state index contributed by atoms with van der Waals surface area (Å²) in [6.45, 7) is 2.96. The fraction of sp³-hybridized carbons (Fsp3) is 0.611. The molecule has 2 unspecified atom stereocenters. The summed E-state index contributed by atoms with van der Waals surface area (Å²) < 4.78 is 0. The summed E-state index contributed by atoms with van der Waals surface area (Å²) in [4.78, 5) is 20.4. The van der Waals surface area contributed by atoms with E-state index in [-0.39, 0.29) is 66.9 Å². The van der Waals surface area contributed by atoms with E-state index in [9.17, 15) is 10.0 Å². The number of nitrogens with zero attached hydrogens (tertiary/aromatic N) is 4. The second-order valence-electron chi connectivity index (χ2n) is 7.21. The molecule has 3 heterocycles. The minimum atomic E-state index is -0.127. The molecule has 14 heteroatoms. The third-order valence-electron chi connectivity index (χ3n) is 5.14. The van der Waals surface area contributed by atoms with Gasteiger partial charge < -0.3 is 10.5 Å². The van der Waals surface area contributed by atoms with Crippen LogP contribution < -0.4 is 15.9 Å². The molecule has 0 spiro atoms. The van der Waals surface area contributed by atoms with Gasteiger partial charge in [0.2, 0.25) is 5.91 Å². The molecule has 9 nitrogen and oxygen atoms in total. The number of likely N-dealkylation sites (tertiary alicyclic amines) is 1. The van der Waals surface area contributed by atoms with E-state index in [0.29, 0.717) is 37.0 Å². The van der Waals surface area contributed by atoms with E-state index < -0.39 is 0 Å². The summed E-state index contributed by atoms with van der Waals surface area (Å²) in [7, 11) is 0. The molecule has 182 valence electrons. The van der Waals surface area contributed by atoms with Gasteiger partial charge in [0.15, 0.2) is 0 Å². The molecule has 2 saturated heterocycles. The first-order valence-corrected chi connectivity index (χ1v) is 11.2. The standard InChI is InChI=1S/C18H26ClN7O2S.3ClH/c19-14-1-2-17(21-10-14)23-18(27)11-24-6-3-15(4-7-24)26(28)22-5-8-25-13-29-12-16(25)9-20;;;/h1-2,10,15-16,22,26H,3-8,11-13H2,(H,21,23,27);3*1H. The van der Waals surface area contributed by atoms with Crippen LogP contribution in [0.1, 0.15) is 12.8 Å². The number of aromatic nitrogens is 1. The highest BCUT2D eigenvalue weighted by Gasteiger charge is 2.27. The normalized spacial score (nSPS) is 20.2. The number of quaternary nitrogens is 1. The lowest BCUT2D eigenvalue weighted by molar-refractivity contribution is -0.923. The highest BCUT2D eigenvalue weighted by Crippen LogP contribution is 2.19. The van der Waals surface area contributed by atoms with Gasteiger partial charge in [-0.3, -0.25) is 19.8 Å². The van der Waals surface area contributed by atoms with Crippen LogP contribution in [0.5, 0.6) is 0 Å². The van der Waals surface area contributed by atoms with Crippen molar-refractivity contribution in [2.75, 3.05) is 49.7 Å². The number of anilines is 1. The summed E-state index contributed by atoms with van der Waals surface area (Å²) >= 11 is 7.54. The summed E-state index contributed by atoms with van der Waals surface area (Å²) in [6.07, 6.45) is 2.96. The molecule has 0 radical (unpaired) electrons. The maximum atomic E-state index is 12.4. The van der Waals surface area contributed by atoms with Crippen molar-refractivity contribution >= 4 is 72.3 Å². The summed E-state index contributed by atoms with van der Waals surface area (Å²) in [5.74, 6) is 2.03. The zero-order chi connectivity index (χ0) is 20.6. The molecule has 0 aliphatic carbocycles. The Morgan fingerprint density at radius 1 is 1.34 bits per heavy atom. The molecule has 3 N–H and O–H groups in total. The van der Waals surface area contributed by atoms with E-state index in [1.807, 2.05) is 4.90 Å². The summed E-state index contributed by atoms with van der Waals surface area (Å²) in [6, 6.07) is 5.57. The molecule has 1 aromatic rings. The van der Waals surface area contributed by atoms with Gasteiger partial charge in [-0.25, -0.2) is 4.98 Å². The molecule has 0 saturated carbocycles. The van der Waals surface area contributed by atoms with Crippen molar-refractivity contribution in [2.45, 2.75) is 24.9 Å². The van der Waals surface area contributed by atoms with E-state index in [2.05, 4.69) is 26.7 Å². The highest BCUT2D eigenvalue weighted by molar-refractivity contribution is 7.99. The van der Waals surface area contributed by atoms with Gasteiger partial charge in [0.25, 0.3) is 0 Å². The quantitative estimate of drug-likeness (QED) is 0.415. The van der Waals surface area contributed by atoms with Gasteiger partial charge in [0.05, 0.1) is 24.2 Å². The zero-order valence-electron chi connectivity index (χ0n) is 17.4. The van der Waals surface area contributed by atoms with Gasteiger partial charge in [-0.15, -0.1) is 49.0 Å². The monoisotopic (exact) mass is 547 g/mol. The minimum Gasteiger partial charge on any atom is -0.613 e. The Morgan fingerprint density at radius 3 is 2.69 bits per heavy atom. The highest BCUT2D eigenvalue weighted by atomic mass is 35.5. The number of nitrogens with one attached hydrogen (secondary N) is 3. The topological polar surface area (TPSA) is 112 Å². The number of halogens is 4. The Bertz CT molecular complexity index is 720. The maximum absolute atomic E-state index is 12.4. The molecular weight excluding hydrogens is 520 g/mol. The molecular formula is C18H29Cl4N7O2S. The average Bonchev–Trinajstić information content (AvgIpc) is 3.17. The lowest BCUT2D eigenvalue weighted by atomic mass is 10.1. The van der Waals surface area contributed by atoms with E-state index in [1.54, 1.807) is 23.9 Å². The Balaban J connectivity index is 0.00000320. The first-order valence-electron chi connectivity index (χ1n) is 9.68. The van der Waals surface area contributed by atoms with Crippen LogP contribution in [0.15, 0.2) is 18.3 Å². The molecule has 2 aliphatic heterocycles. The van der Waals surface area contributed by atoms with Gasteiger partial charge in [-0.05, 0) is 12.1 Å². The number of carbonyl (C=O) groups excluding carboxylic acids is 1. The Kier molecular flexibility index (Phi) is 15.8. The number of hydroxylamine groups is 1. The predicted octanol–water partition coefficient (Wildman–Crippen LogP) is 1.19. The van der Waals surface area contributed by atoms with Crippen molar-refractivity contribution in [1.29, 1.82) is 5.26 Å². The van der Waals surface area contributed by atoms with Crippen molar-refractivity contribution in [3.8, 4) is 6.07 Å². The lowest BCUT2D eigenvalue weighted by Crippen LogP contribution is -3.18. The number of pyridine rings is 1. The van der Waals surface area contributed by atoms with E-state index in [4.69, 9.17) is 16.9 Å². The number of thioether (sulfide) groups is 1. The Labute approximate surface area is 216 Å². The van der Waals surface area contributed by atoms with Crippen molar-refractivity contribution in [3.05, 3.63) is 28.6 Å². The van der Waals surface area contributed by atoms with Crippen LogP contribution in [0.3, 0.4) is 0 Å². The van der Waals surface area contributed by atoms with Crippen LogP contribution in [-0.2, 0) is 4.79 Å². The maximum Gasteiger partial charge on any atom is 0.239 e. The zero-order valence-corrected chi connectivity index (χ0v) is 21.4. The predicted molar refractivity (Wildman–Crippen MR) is 135 cm³/mol. The number of nitriles is 1. The molecule has 2 aliphatic rings. The molecule has 2 fully saturated rings. The van der Waals surface area contributed by atoms with Crippen LogP contribution in [0.4, 0.5) is 5.82 Å². The van der Waals surface area contributed by atoms with Crippen LogP contribution in [0.2, 0.25) is 5.02 Å². The van der Waals surface area contributed by atoms with Crippen LogP contribution >= 0.6 is 60.6 Å². The first-order chi connectivity index (χ1) is 14.0. The molecule has 2 atom stereocenters. The van der Waals surface area contributed by atoms with Gasteiger partial charge in [0, 0.05) is 50.3 Å². The van der Waals surface area contributed by atoms with Gasteiger partial charge in [-0.1, -0.05) is 11.6 Å². The molecule has 0 bridgehead atoms. The lowest BCUT2D eigenvalue weighted by Gasteiger charge is -2.37. The van der Waals surface area contributed by atoms with Crippen molar-refractivity contribution < 1.29 is 9.97 Å². The van der Waals surface area contributed by atoms with Gasteiger partial charge >= 0.3 is 0 Å². The molecule has 0 aromatic carbocycles. The Hall–Kier alpha value is -0.580. The van der Waals surface area contributed by atoms with Crippen LogP contribution in [0, 0.1) is 16.5 Å². The summed E-state index contributed by atoms with van der Waals surface area (Å²) in [5, 5.41) is 24.8. The fourth-order valence-corrected chi connectivity index (χ4v) is 4.74. The minimum absolute atomic E-state index is 0. The number of hydrogen-bond donors (Lipinski definition) is 3. The van der Waals surface area contributed by atoms with Crippen LogP contribution in [-0.4, -0.2) is 77.1 Å². The summed E-state index contributed by atoms with van der Waals surface area (Å²) in [5.41, 5.74) is 3.00. The Morgan fingerprint density at radius 2 is 2.06 bits per heavy atom. The van der Waals surface area contributed by atoms with Crippen molar-refractivity contribution in [3.63, 3.8) is 0 Å². The van der Waals surface area contributed by atoms with E-state index in [1.165, 1.54) is 6.20 Å². The molecule has 1 aromatic heterocycles.